The zero-order valence-electron chi connectivity index (χ0n) is 12.1. The molecule has 118 valence electrons. The highest BCUT2D eigenvalue weighted by Gasteiger charge is 2.18. The van der Waals surface area contributed by atoms with Crippen molar-refractivity contribution >= 4 is 18.2 Å². The first kappa shape index (κ1) is 16.2. The van der Waals surface area contributed by atoms with E-state index in [1.54, 1.807) is 0 Å². The Hall–Kier alpha value is -3.22. The molecule has 7 heteroatoms. The molecule has 0 saturated heterocycles. The summed E-state index contributed by atoms with van der Waals surface area (Å²) >= 11 is 0. The lowest BCUT2D eigenvalue weighted by Gasteiger charge is -2.10. The predicted octanol–water partition coefficient (Wildman–Crippen LogP) is 1.96. The molecule has 2 aromatic rings. The Labute approximate surface area is 131 Å². The summed E-state index contributed by atoms with van der Waals surface area (Å²) in [6.07, 6.45) is 1.76. The second kappa shape index (κ2) is 6.69. The maximum absolute atomic E-state index is 12.0. The summed E-state index contributed by atoms with van der Waals surface area (Å²) in [5, 5.41) is 18.8. The van der Waals surface area contributed by atoms with Gasteiger partial charge in [0.1, 0.15) is 12.4 Å². The number of pyridine rings is 1. The van der Waals surface area contributed by atoms with E-state index in [-0.39, 0.29) is 40.3 Å². The lowest BCUT2D eigenvalue weighted by molar-refractivity contribution is 0.0461. The van der Waals surface area contributed by atoms with E-state index in [4.69, 9.17) is 9.84 Å². The normalized spacial score (nSPS) is 10.1. The van der Waals surface area contributed by atoms with Crippen LogP contribution in [-0.2, 0) is 11.3 Å². The van der Waals surface area contributed by atoms with Crippen LogP contribution in [0.2, 0.25) is 0 Å². The number of aromatic carboxylic acids is 1. The third kappa shape index (κ3) is 3.34. The van der Waals surface area contributed by atoms with Crippen LogP contribution in [0.15, 0.2) is 30.5 Å². The SMILES string of the molecule is Cc1ncc(COC(=O)c2ccccc2C(=O)O)c(C=O)c1O. The van der Waals surface area contributed by atoms with Crippen LogP contribution in [-0.4, -0.2) is 33.4 Å². The molecule has 1 aromatic heterocycles. The zero-order valence-corrected chi connectivity index (χ0v) is 12.1. The summed E-state index contributed by atoms with van der Waals surface area (Å²) in [4.78, 5) is 38.1. The molecule has 0 amide bonds. The molecule has 0 aliphatic rings. The second-order valence-electron chi connectivity index (χ2n) is 4.68. The standard InChI is InChI=1S/C16H13NO6/c1-9-14(19)13(7-18)10(6-17-9)8-23-16(22)12-5-3-2-4-11(12)15(20)21/h2-7,19H,8H2,1H3,(H,20,21). The summed E-state index contributed by atoms with van der Waals surface area (Å²) in [6, 6.07) is 5.62. The van der Waals surface area contributed by atoms with E-state index in [1.165, 1.54) is 37.4 Å². The number of carbonyl (C=O) groups excluding carboxylic acids is 2. The second-order valence-corrected chi connectivity index (χ2v) is 4.68. The number of aldehydes is 1. The van der Waals surface area contributed by atoms with Crippen LogP contribution < -0.4 is 0 Å². The number of hydrogen-bond donors (Lipinski definition) is 2. The first-order valence-corrected chi connectivity index (χ1v) is 6.57. The van der Waals surface area contributed by atoms with Gasteiger partial charge in [-0.1, -0.05) is 12.1 Å². The van der Waals surface area contributed by atoms with E-state index in [2.05, 4.69) is 4.98 Å². The fourth-order valence-electron chi connectivity index (χ4n) is 1.97. The fourth-order valence-corrected chi connectivity index (χ4v) is 1.97. The number of aromatic hydroxyl groups is 1. The van der Waals surface area contributed by atoms with Gasteiger partial charge in [0.25, 0.3) is 0 Å². The van der Waals surface area contributed by atoms with Gasteiger partial charge < -0.3 is 14.9 Å². The molecule has 0 unspecified atom stereocenters. The molecule has 0 saturated carbocycles. The number of esters is 1. The van der Waals surface area contributed by atoms with Crippen molar-refractivity contribution in [2.45, 2.75) is 13.5 Å². The Morgan fingerprint density at radius 3 is 2.52 bits per heavy atom. The van der Waals surface area contributed by atoms with Crippen molar-refractivity contribution in [1.29, 1.82) is 0 Å². The van der Waals surface area contributed by atoms with Crippen LogP contribution in [0.1, 0.15) is 42.3 Å². The van der Waals surface area contributed by atoms with Crippen molar-refractivity contribution in [2.24, 2.45) is 0 Å². The lowest BCUT2D eigenvalue weighted by atomic mass is 10.1. The number of carboxylic acid groups (broad SMARTS) is 1. The minimum atomic E-state index is -1.25. The van der Waals surface area contributed by atoms with Crippen molar-refractivity contribution < 1.29 is 29.3 Å². The molecule has 7 nitrogen and oxygen atoms in total. The summed E-state index contributed by atoms with van der Waals surface area (Å²) < 4.78 is 5.03. The number of aryl methyl sites for hydroxylation is 1. The fraction of sp³-hybridized carbons (Fsp3) is 0.125. The van der Waals surface area contributed by atoms with Gasteiger partial charge in [-0.3, -0.25) is 9.78 Å². The molecule has 1 aromatic carbocycles. The number of carboxylic acids is 1. The van der Waals surface area contributed by atoms with Crippen LogP contribution >= 0.6 is 0 Å². The van der Waals surface area contributed by atoms with E-state index in [1.807, 2.05) is 0 Å². The van der Waals surface area contributed by atoms with Crippen molar-refractivity contribution in [1.82, 2.24) is 4.98 Å². The minimum absolute atomic E-state index is 0.0168. The average Bonchev–Trinajstić information content (AvgIpc) is 2.55. The Bertz CT molecular complexity index is 784. The maximum atomic E-state index is 12.0. The van der Waals surface area contributed by atoms with Crippen LogP contribution in [0.5, 0.6) is 5.75 Å². The summed E-state index contributed by atoms with van der Waals surface area (Å²) in [5.41, 5.74) is 0.203. The Balaban J connectivity index is 2.22. The van der Waals surface area contributed by atoms with Crippen molar-refractivity contribution in [3.63, 3.8) is 0 Å². The highest BCUT2D eigenvalue weighted by molar-refractivity contribution is 6.02. The van der Waals surface area contributed by atoms with E-state index in [9.17, 15) is 19.5 Å². The van der Waals surface area contributed by atoms with Crippen molar-refractivity contribution in [3.8, 4) is 5.75 Å². The van der Waals surface area contributed by atoms with Crippen molar-refractivity contribution in [2.75, 3.05) is 0 Å². The molecule has 0 bridgehead atoms. The molecule has 0 spiro atoms. The van der Waals surface area contributed by atoms with E-state index in [0.717, 1.165) is 0 Å². The molecule has 0 aliphatic carbocycles. The molecule has 0 fully saturated rings. The average molecular weight is 315 g/mol. The van der Waals surface area contributed by atoms with Crippen LogP contribution in [0.25, 0.3) is 0 Å². The molecular weight excluding hydrogens is 302 g/mol. The molecule has 2 rings (SSSR count). The van der Waals surface area contributed by atoms with Crippen molar-refractivity contribution in [3.05, 3.63) is 58.4 Å². The van der Waals surface area contributed by atoms with Gasteiger partial charge in [-0.25, -0.2) is 9.59 Å². The first-order chi connectivity index (χ1) is 11.0. The molecule has 0 radical (unpaired) electrons. The van der Waals surface area contributed by atoms with Gasteiger partial charge in [0.2, 0.25) is 0 Å². The van der Waals surface area contributed by atoms with Gasteiger partial charge in [0.15, 0.2) is 6.29 Å². The van der Waals surface area contributed by atoms with Crippen LogP contribution in [0, 0.1) is 6.92 Å². The molecule has 0 atom stereocenters. The maximum Gasteiger partial charge on any atom is 0.339 e. The highest BCUT2D eigenvalue weighted by Crippen LogP contribution is 2.22. The van der Waals surface area contributed by atoms with Crippen LogP contribution in [0.3, 0.4) is 0 Å². The van der Waals surface area contributed by atoms with Gasteiger partial charge in [0.05, 0.1) is 22.4 Å². The summed E-state index contributed by atoms with van der Waals surface area (Å²) in [6.45, 7) is 1.21. The van der Waals surface area contributed by atoms with Gasteiger partial charge in [-0.15, -0.1) is 0 Å². The minimum Gasteiger partial charge on any atom is -0.505 e. The van der Waals surface area contributed by atoms with E-state index < -0.39 is 11.9 Å². The predicted molar refractivity (Wildman–Crippen MR) is 78.5 cm³/mol. The third-order valence-corrected chi connectivity index (χ3v) is 3.21. The Morgan fingerprint density at radius 1 is 1.26 bits per heavy atom. The smallest absolute Gasteiger partial charge is 0.339 e. The number of nitrogens with zero attached hydrogens (tertiary/aromatic N) is 1. The monoisotopic (exact) mass is 315 g/mol. The largest absolute Gasteiger partial charge is 0.505 e. The molecule has 23 heavy (non-hydrogen) atoms. The Morgan fingerprint density at radius 2 is 1.91 bits per heavy atom. The molecular formula is C16H13NO6. The number of carbonyl (C=O) groups is 3. The first-order valence-electron chi connectivity index (χ1n) is 6.57. The van der Waals surface area contributed by atoms with E-state index in [0.29, 0.717) is 6.29 Å². The number of aromatic nitrogens is 1. The number of rotatable bonds is 5. The summed E-state index contributed by atoms with van der Waals surface area (Å²) in [5.74, 6) is -2.37. The number of benzene rings is 1. The van der Waals surface area contributed by atoms with Gasteiger partial charge in [0, 0.05) is 11.8 Å². The topological polar surface area (TPSA) is 114 Å². The summed E-state index contributed by atoms with van der Waals surface area (Å²) in [7, 11) is 0. The number of ether oxygens (including phenoxy) is 1. The Kier molecular flexibility index (Phi) is 4.70. The quantitative estimate of drug-likeness (QED) is 0.640. The lowest BCUT2D eigenvalue weighted by Crippen LogP contribution is -2.12. The van der Waals surface area contributed by atoms with E-state index >= 15 is 0 Å². The van der Waals surface area contributed by atoms with Gasteiger partial charge in [-0.05, 0) is 19.1 Å². The third-order valence-electron chi connectivity index (χ3n) is 3.21. The highest BCUT2D eigenvalue weighted by atomic mass is 16.5. The molecule has 2 N–H and O–H groups in total. The van der Waals surface area contributed by atoms with Gasteiger partial charge >= 0.3 is 11.9 Å². The molecule has 1 heterocycles. The van der Waals surface area contributed by atoms with Gasteiger partial charge in [-0.2, -0.15) is 0 Å². The molecule has 0 aliphatic heterocycles. The number of hydrogen-bond acceptors (Lipinski definition) is 6. The zero-order chi connectivity index (χ0) is 17.0. The van der Waals surface area contributed by atoms with Crippen LogP contribution in [0.4, 0.5) is 0 Å².